The van der Waals surface area contributed by atoms with Crippen LogP contribution in [0.4, 0.5) is 0 Å². The van der Waals surface area contributed by atoms with Crippen molar-refractivity contribution in [1.29, 1.82) is 0 Å². The number of rotatable bonds is 10. The van der Waals surface area contributed by atoms with Crippen molar-refractivity contribution in [2.45, 2.75) is 78.4 Å². The zero-order valence-corrected chi connectivity index (χ0v) is 19.9. The van der Waals surface area contributed by atoms with Crippen molar-refractivity contribution in [3.63, 3.8) is 0 Å². The number of hydrogen-bond acceptors (Lipinski definition) is 3. The minimum Gasteiger partial charge on any atom is -0.378 e. The summed E-state index contributed by atoms with van der Waals surface area (Å²) in [6.45, 7) is 13.0. The zero-order valence-electron chi connectivity index (χ0n) is 17.6. The van der Waals surface area contributed by atoms with Gasteiger partial charge in [-0.15, -0.1) is 24.0 Å². The highest BCUT2D eigenvalue weighted by atomic mass is 127. The Hall–Kier alpha value is -0.570. The molecule has 0 aromatic heterocycles. The van der Waals surface area contributed by atoms with Crippen molar-refractivity contribution in [1.82, 2.24) is 15.5 Å². The summed E-state index contributed by atoms with van der Waals surface area (Å²) in [4.78, 5) is 18.3. The quantitative estimate of drug-likeness (QED) is 0.212. The molecule has 1 heterocycles. The first kappa shape index (κ1) is 24.5. The van der Waals surface area contributed by atoms with Crippen molar-refractivity contribution in [3.8, 4) is 0 Å². The van der Waals surface area contributed by atoms with Crippen LogP contribution in [0.15, 0.2) is 4.99 Å². The number of guanidine groups is 1. The summed E-state index contributed by atoms with van der Waals surface area (Å²) in [5.41, 5.74) is 0.117. The molecule has 0 aromatic rings. The van der Waals surface area contributed by atoms with E-state index in [0.29, 0.717) is 24.5 Å². The molecule has 6 nitrogen and oxygen atoms in total. The lowest BCUT2D eigenvalue weighted by molar-refractivity contribution is -0.127. The lowest BCUT2D eigenvalue weighted by atomic mass is 9.64. The van der Waals surface area contributed by atoms with Crippen molar-refractivity contribution >= 4 is 35.8 Å². The van der Waals surface area contributed by atoms with Gasteiger partial charge in [-0.2, -0.15) is 0 Å². The van der Waals surface area contributed by atoms with Gasteiger partial charge in [-0.05, 0) is 32.6 Å². The van der Waals surface area contributed by atoms with Crippen molar-refractivity contribution in [3.05, 3.63) is 0 Å². The lowest BCUT2D eigenvalue weighted by Gasteiger charge is -2.52. The number of unbranched alkanes of at least 4 members (excludes halogenated alkanes) is 1. The molecule has 158 valence electrons. The predicted molar refractivity (Wildman–Crippen MR) is 122 cm³/mol. The Morgan fingerprint density at radius 2 is 2.11 bits per heavy atom. The molecule has 0 bridgehead atoms. The second-order valence-corrected chi connectivity index (χ2v) is 8.07. The van der Waals surface area contributed by atoms with Gasteiger partial charge in [0.25, 0.3) is 0 Å². The fourth-order valence-electron chi connectivity index (χ4n) is 3.66. The number of hydrogen-bond donors (Lipinski definition) is 2. The molecule has 27 heavy (non-hydrogen) atoms. The van der Waals surface area contributed by atoms with E-state index in [2.05, 4.69) is 38.3 Å². The molecule has 2 rings (SSSR count). The first-order chi connectivity index (χ1) is 12.5. The number of nitrogens with one attached hydrogen (secondary N) is 2. The Balaban J connectivity index is 0.00000364. The Labute approximate surface area is 182 Å². The number of carbonyl (C=O) groups is 1. The maximum atomic E-state index is 11.6. The summed E-state index contributed by atoms with van der Waals surface area (Å²) in [5.74, 6) is 1.18. The van der Waals surface area contributed by atoms with Crippen LogP contribution in [0.1, 0.15) is 66.2 Å². The standard InChI is InChI=1S/C20H38N4O2.HI/c1-5-7-14-26-17-15-16(20(17,3)4)23-19(21-6-2)22-11-9-13-24-12-8-10-18(24)25;/h16-17H,5-15H2,1-4H3,(H2,21,22,23);1H. The van der Waals surface area contributed by atoms with E-state index < -0.39 is 0 Å². The van der Waals surface area contributed by atoms with Gasteiger partial charge in [0.2, 0.25) is 5.91 Å². The highest BCUT2D eigenvalue weighted by molar-refractivity contribution is 14.0. The largest absolute Gasteiger partial charge is 0.378 e. The third kappa shape index (κ3) is 7.07. The third-order valence-electron chi connectivity index (χ3n) is 5.68. The number of nitrogens with zero attached hydrogens (tertiary/aromatic N) is 2. The second kappa shape index (κ2) is 12.1. The van der Waals surface area contributed by atoms with Gasteiger partial charge in [0.15, 0.2) is 5.96 Å². The predicted octanol–water partition coefficient (Wildman–Crippen LogP) is 3.16. The molecule has 2 N–H and O–H groups in total. The van der Waals surface area contributed by atoms with E-state index >= 15 is 0 Å². The summed E-state index contributed by atoms with van der Waals surface area (Å²) < 4.78 is 6.03. The van der Waals surface area contributed by atoms with Gasteiger partial charge in [-0.25, -0.2) is 0 Å². The fourth-order valence-corrected chi connectivity index (χ4v) is 3.66. The topological polar surface area (TPSA) is 66.0 Å². The van der Waals surface area contributed by atoms with E-state index in [1.165, 1.54) is 6.42 Å². The van der Waals surface area contributed by atoms with Crippen LogP contribution >= 0.6 is 24.0 Å². The zero-order chi connectivity index (χ0) is 19.0. The van der Waals surface area contributed by atoms with Crippen molar-refractivity contribution in [2.24, 2.45) is 10.4 Å². The molecule has 2 atom stereocenters. The monoisotopic (exact) mass is 494 g/mol. The number of aliphatic imine (C=N–C) groups is 1. The van der Waals surface area contributed by atoms with E-state index in [1.807, 2.05) is 4.90 Å². The second-order valence-electron chi connectivity index (χ2n) is 8.07. The van der Waals surface area contributed by atoms with Gasteiger partial charge in [-0.1, -0.05) is 27.2 Å². The number of ether oxygens (including phenoxy) is 1. The number of amides is 1. The van der Waals surface area contributed by atoms with Gasteiger partial charge in [-0.3, -0.25) is 9.79 Å². The smallest absolute Gasteiger partial charge is 0.222 e. The van der Waals surface area contributed by atoms with Crippen LogP contribution in [0.3, 0.4) is 0 Å². The van der Waals surface area contributed by atoms with Gasteiger partial charge in [0.1, 0.15) is 0 Å². The van der Waals surface area contributed by atoms with Gasteiger partial charge in [0.05, 0.1) is 6.10 Å². The first-order valence-corrected chi connectivity index (χ1v) is 10.4. The Bertz CT molecular complexity index is 485. The molecule has 1 saturated heterocycles. The lowest BCUT2D eigenvalue weighted by Crippen LogP contribution is -2.63. The molecule has 0 radical (unpaired) electrons. The normalized spacial score (nSPS) is 24.4. The number of halogens is 1. The average molecular weight is 494 g/mol. The van der Waals surface area contributed by atoms with Crippen molar-refractivity contribution < 1.29 is 9.53 Å². The minimum atomic E-state index is 0. The highest BCUT2D eigenvalue weighted by Crippen LogP contribution is 2.42. The molecule has 2 aliphatic rings. The third-order valence-corrected chi connectivity index (χ3v) is 5.68. The van der Waals surface area contributed by atoms with Gasteiger partial charge in [0, 0.05) is 50.7 Å². The Kier molecular flexibility index (Phi) is 11.0. The molecule has 1 saturated carbocycles. The van der Waals surface area contributed by atoms with Crippen LogP contribution in [0, 0.1) is 5.41 Å². The number of carbonyl (C=O) groups excluding carboxylic acids is 1. The Morgan fingerprint density at radius 1 is 1.33 bits per heavy atom. The average Bonchev–Trinajstić information content (AvgIpc) is 3.02. The fraction of sp³-hybridized carbons (Fsp3) is 0.900. The van der Waals surface area contributed by atoms with Gasteiger partial charge >= 0.3 is 0 Å². The molecule has 1 aliphatic heterocycles. The van der Waals surface area contributed by atoms with Crippen LogP contribution in [0.2, 0.25) is 0 Å². The molecular weight excluding hydrogens is 455 g/mol. The summed E-state index contributed by atoms with van der Waals surface area (Å²) >= 11 is 0. The van der Waals surface area contributed by atoms with Gasteiger partial charge < -0.3 is 20.3 Å². The summed E-state index contributed by atoms with van der Waals surface area (Å²) in [7, 11) is 0. The maximum absolute atomic E-state index is 11.6. The Morgan fingerprint density at radius 3 is 2.70 bits per heavy atom. The van der Waals surface area contributed by atoms with Crippen LogP contribution < -0.4 is 10.6 Å². The highest BCUT2D eigenvalue weighted by Gasteiger charge is 2.49. The van der Waals surface area contributed by atoms with E-state index in [0.717, 1.165) is 64.4 Å². The summed E-state index contributed by atoms with van der Waals surface area (Å²) in [5, 5.41) is 6.92. The molecule has 2 fully saturated rings. The maximum Gasteiger partial charge on any atom is 0.222 e. The van der Waals surface area contributed by atoms with Crippen LogP contribution in [0.25, 0.3) is 0 Å². The molecule has 2 unspecified atom stereocenters. The molecule has 0 spiro atoms. The first-order valence-electron chi connectivity index (χ1n) is 10.4. The van der Waals surface area contributed by atoms with E-state index in [4.69, 9.17) is 9.73 Å². The van der Waals surface area contributed by atoms with E-state index in [-0.39, 0.29) is 29.4 Å². The van der Waals surface area contributed by atoms with Crippen LogP contribution in [-0.2, 0) is 9.53 Å². The van der Waals surface area contributed by atoms with Crippen LogP contribution in [0.5, 0.6) is 0 Å². The summed E-state index contributed by atoms with van der Waals surface area (Å²) in [6.07, 6.45) is 6.30. The minimum absolute atomic E-state index is 0. The number of likely N-dealkylation sites (tertiary alicyclic amines) is 1. The summed E-state index contributed by atoms with van der Waals surface area (Å²) in [6, 6.07) is 0.382. The molecular formula is C20H39IN4O2. The molecule has 1 amide bonds. The van der Waals surface area contributed by atoms with Crippen LogP contribution in [-0.4, -0.2) is 61.7 Å². The van der Waals surface area contributed by atoms with Crippen molar-refractivity contribution in [2.75, 3.05) is 32.8 Å². The molecule has 0 aromatic carbocycles. The van der Waals surface area contributed by atoms with E-state index in [9.17, 15) is 4.79 Å². The SMILES string of the molecule is CCCCOC1CC(NC(=NCCCN2CCCC2=O)NCC)C1(C)C.I. The molecule has 1 aliphatic carbocycles. The van der Waals surface area contributed by atoms with E-state index in [1.54, 1.807) is 0 Å². The molecule has 7 heteroatoms.